The third-order valence-corrected chi connectivity index (χ3v) is 2.92. The average molecular weight is 256 g/mol. The van der Waals surface area contributed by atoms with Gasteiger partial charge in [0.2, 0.25) is 0 Å². The van der Waals surface area contributed by atoms with E-state index in [1.54, 1.807) is 42.5 Å². The van der Waals surface area contributed by atoms with Gasteiger partial charge in [0.25, 0.3) is 5.91 Å². The lowest BCUT2D eigenvalue weighted by Crippen LogP contribution is -2.27. The van der Waals surface area contributed by atoms with Crippen molar-refractivity contribution in [1.82, 2.24) is 4.98 Å². The highest BCUT2D eigenvalue weighted by molar-refractivity contribution is 6.09. The zero-order valence-corrected chi connectivity index (χ0v) is 10.9. The molecule has 5 nitrogen and oxygen atoms in total. The van der Waals surface area contributed by atoms with E-state index in [2.05, 4.69) is 10.4 Å². The van der Waals surface area contributed by atoms with Crippen molar-refractivity contribution in [1.29, 1.82) is 0 Å². The van der Waals surface area contributed by atoms with Crippen molar-refractivity contribution in [3.8, 4) is 0 Å². The van der Waals surface area contributed by atoms with E-state index >= 15 is 0 Å². The number of anilines is 2. The van der Waals surface area contributed by atoms with Crippen LogP contribution in [-0.2, 0) is 0 Å². The summed E-state index contributed by atoms with van der Waals surface area (Å²) in [5, 5.41) is 0. The lowest BCUT2D eigenvalue weighted by molar-refractivity contribution is 0.0993. The molecule has 0 saturated heterocycles. The van der Waals surface area contributed by atoms with E-state index in [4.69, 9.17) is 5.84 Å². The number of nitrogens with two attached hydrogens (primary N) is 1. The van der Waals surface area contributed by atoms with Crippen LogP contribution in [0.2, 0.25) is 0 Å². The number of carbonyl (C=O) groups is 1. The number of nitrogens with one attached hydrogen (secondary N) is 1. The number of pyridine rings is 1. The molecule has 0 fully saturated rings. The second-order valence-electron chi connectivity index (χ2n) is 4.26. The molecular weight excluding hydrogens is 240 g/mol. The van der Waals surface area contributed by atoms with Crippen LogP contribution in [0.3, 0.4) is 0 Å². The third kappa shape index (κ3) is 2.71. The number of carbonyl (C=O) groups excluding carboxylic acids is 1. The topological polar surface area (TPSA) is 71.2 Å². The van der Waals surface area contributed by atoms with Crippen molar-refractivity contribution in [3.63, 3.8) is 0 Å². The first-order valence-corrected chi connectivity index (χ1v) is 5.89. The Labute approximate surface area is 112 Å². The summed E-state index contributed by atoms with van der Waals surface area (Å²) in [6.45, 7) is 1.95. The molecule has 0 aliphatic heterocycles. The Bertz CT molecular complexity index is 583. The van der Waals surface area contributed by atoms with Crippen molar-refractivity contribution in [3.05, 3.63) is 53.9 Å². The maximum atomic E-state index is 12.4. The van der Waals surface area contributed by atoms with Gasteiger partial charge < -0.3 is 10.3 Å². The minimum Gasteiger partial charge on any atom is -0.323 e. The summed E-state index contributed by atoms with van der Waals surface area (Å²) in [6.07, 6.45) is 3.30. The number of benzene rings is 1. The van der Waals surface area contributed by atoms with E-state index < -0.39 is 0 Å². The fourth-order valence-corrected chi connectivity index (χ4v) is 1.83. The van der Waals surface area contributed by atoms with Crippen LogP contribution in [0.15, 0.2) is 42.7 Å². The van der Waals surface area contributed by atoms with Crippen LogP contribution in [0, 0.1) is 6.92 Å². The number of hydrogen-bond acceptors (Lipinski definition) is 4. The van der Waals surface area contributed by atoms with Gasteiger partial charge in [0.15, 0.2) is 0 Å². The molecule has 0 bridgehead atoms. The smallest absolute Gasteiger partial charge is 0.260 e. The molecule has 2 aromatic rings. The van der Waals surface area contributed by atoms with Crippen molar-refractivity contribution in [2.75, 3.05) is 17.4 Å². The lowest BCUT2D eigenvalue weighted by atomic mass is 10.1. The third-order valence-electron chi connectivity index (χ3n) is 2.92. The number of nitrogens with zero attached hydrogens (tertiary/aromatic N) is 2. The van der Waals surface area contributed by atoms with Gasteiger partial charge >= 0.3 is 0 Å². The van der Waals surface area contributed by atoms with E-state index in [1.807, 2.05) is 19.1 Å². The SMILES string of the molecule is Cc1ccc(C(=O)N(C)c2ccncc2)c(NN)c1. The van der Waals surface area contributed by atoms with E-state index in [0.717, 1.165) is 11.3 Å². The van der Waals surface area contributed by atoms with Gasteiger partial charge in [-0.05, 0) is 36.8 Å². The van der Waals surface area contributed by atoms with Crippen molar-refractivity contribution in [2.24, 2.45) is 5.84 Å². The first-order chi connectivity index (χ1) is 9.13. The van der Waals surface area contributed by atoms with Crippen molar-refractivity contribution < 1.29 is 4.79 Å². The molecule has 1 aromatic carbocycles. The predicted molar refractivity (Wildman–Crippen MR) is 76.0 cm³/mol. The van der Waals surface area contributed by atoms with Crippen LogP contribution in [-0.4, -0.2) is 17.9 Å². The second-order valence-corrected chi connectivity index (χ2v) is 4.26. The zero-order chi connectivity index (χ0) is 13.8. The number of hydrazine groups is 1. The fourth-order valence-electron chi connectivity index (χ4n) is 1.83. The molecule has 5 heteroatoms. The van der Waals surface area contributed by atoms with Gasteiger partial charge in [-0.1, -0.05) is 6.07 Å². The van der Waals surface area contributed by atoms with Gasteiger partial charge in [-0.2, -0.15) is 0 Å². The molecule has 0 atom stereocenters. The minimum absolute atomic E-state index is 0.126. The Morgan fingerprint density at radius 1 is 1.26 bits per heavy atom. The predicted octanol–water partition coefficient (Wildman–Crippen LogP) is 1.95. The van der Waals surface area contributed by atoms with Crippen LogP contribution in [0.4, 0.5) is 11.4 Å². The monoisotopic (exact) mass is 256 g/mol. The van der Waals surface area contributed by atoms with E-state index in [1.165, 1.54) is 0 Å². The van der Waals surface area contributed by atoms with Crippen molar-refractivity contribution >= 4 is 17.3 Å². The van der Waals surface area contributed by atoms with Gasteiger partial charge in [-0.25, -0.2) is 0 Å². The summed E-state index contributed by atoms with van der Waals surface area (Å²) < 4.78 is 0. The Hall–Kier alpha value is -2.40. The van der Waals surface area contributed by atoms with Gasteiger partial charge in [-0.15, -0.1) is 0 Å². The summed E-state index contributed by atoms with van der Waals surface area (Å²) in [5.74, 6) is 5.34. The number of nitrogen functional groups attached to an aromatic ring is 1. The molecule has 1 amide bonds. The molecule has 0 aliphatic rings. The second kappa shape index (κ2) is 5.49. The van der Waals surface area contributed by atoms with Gasteiger partial charge in [0, 0.05) is 25.1 Å². The molecular formula is C14H16N4O. The Morgan fingerprint density at radius 3 is 2.58 bits per heavy atom. The average Bonchev–Trinajstić information content (AvgIpc) is 2.46. The molecule has 1 aromatic heterocycles. The summed E-state index contributed by atoms with van der Waals surface area (Å²) in [6, 6.07) is 9.05. The highest BCUT2D eigenvalue weighted by atomic mass is 16.2. The summed E-state index contributed by atoms with van der Waals surface area (Å²) in [4.78, 5) is 17.9. The first kappa shape index (κ1) is 13.0. The van der Waals surface area contributed by atoms with Crippen LogP contribution in [0.5, 0.6) is 0 Å². The van der Waals surface area contributed by atoms with Gasteiger partial charge in [0.05, 0.1) is 11.3 Å². The molecule has 0 radical (unpaired) electrons. The Kier molecular flexibility index (Phi) is 3.77. The van der Waals surface area contributed by atoms with Crippen LogP contribution >= 0.6 is 0 Å². The Morgan fingerprint density at radius 2 is 1.95 bits per heavy atom. The normalized spacial score (nSPS) is 10.1. The quantitative estimate of drug-likeness (QED) is 0.650. The van der Waals surface area contributed by atoms with E-state index in [9.17, 15) is 4.79 Å². The fraction of sp³-hybridized carbons (Fsp3) is 0.143. The first-order valence-electron chi connectivity index (χ1n) is 5.89. The number of hydrogen-bond donors (Lipinski definition) is 2. The number of amides is 1. The van der Waals surface area contributed by atoms with Crippen LogP contribution in [0.25, 0.3) is 0 Å². The molecule has 3 N–H and O–H groups in total. The molecule has 0 aliphatic carbocycles. The number of rotatable bonds is 3. The number of aromatic nitrogens is 1. The molecule has 19 heavy (non-hydrogen) atoms. The highest BCUT2D eigenvalue weighted by Crippen LogP contribution is 2.21. The molecule has 98 valence electrons. The summed E-state index contributed by atoms with van der Waals surface area (Å²) in [5.41, 5.74) is 5.53. The molecule has 2 rings (SSSR count). The summed E-state index contributed by atoms with van der Waals surface area (Å²) in [7, 11) is 1.72. The lowest BCUT2D eigenvalue weighted by Gasteiger charge is -2.19. The van der Waals surface area contributed by atoms with Crippen LogP contribution < -0.4 is 16.2 Å². The standard InChI is InChI=1S/C14H16N4O/c1-10-3-4-12(13(9-10)17-15)14(19)18(2)11-5-7-16-8-6-11/h3-9,17H,15H2,1-2H3. The molecule has 0 spiro atoms. The molecule has 0 saturated carbocycles. The largest absolute Gasteiger partial charge is 0.323 e. The maximum Gasteiger partial charge on any atom is 0.260 e. The molecule has 1 heterocycles. The maximum absolute atomic E-state index is 12.4. The van der Waals surface area contributed by atoms with Crippen molar-refractivity contribution in [2.45, 2.75) is 6.92 Å². The van der Waals surface area contributed by atoms with E-state index in [-0.39, 0.29) is 5.91 Å². The van der Waals surface area contributed by atoms with Crippen LogP contribution in [0.1, 0.15) is 15.9 Å². The number of aryl methyl sites for hydroxylation is 1. The minimum atomic E-state index is -0.126. The van der Waals surface area contributed by atoms with Gasteiger partial charge in [0.1, 0.15) is 0 Å². The highest BCUT2D eigenvalue weighted by Gasteiger charge is 2.16. The Balaban J connectivity index is 2.34. The zero-order valence-electron chi connectivity index (χ0n) is 10.9. The summed E-state index contributed by atoms with van der Waals surface area (Å²) >= 11 is 0. The molecule has 0 unspecified atom stereocenters. The van der Waals surface area contributed by atoms with Gasteiger partial charge in [-0.3, -0.25) is 15.6 Å². The van der Waals surface area contributed by atoms with E-state index in [0.29, 0.717) is 11.3 Å².